The second-order valence-corrected chi connectivity index (χ2v) is 3.90. The number of nitrogens with zero attached hydrogens (tertiary/aromatic N) is 2. The van der Waals surface area contributed by atoms with Gasteiger partial charge in [0.05, 0.1) is 12.4 Å². The van der Waals surface area contributed by atoms with Crippen LogP contribution in [0.3, 0.4) is 0 Å². The second-order valence-electron chi connectivity index (χ2n) is 3.52. The van der Waals surface area contributed by atoms with Gasteiger partial charge in [-0.2, -0.15) is 0 Å². The maximum absolute atomic E-state index is 5.86. The minimum Gasteiger partial charge on any atom is -0.367 e. The van der Waals surface area contributed by atoms with Gasteiger partial charge in [0, 0.05) is 12.6 Å². The summed E-state index contributed by atoms with van der Waals surface area (Å²) in [5.41, 5.74) is 5.86. The Hall–Kier alpha value is -0.870. The van der Waals surface area contributed by atoms with Gasteiger partial charge in [0.15, 0.2) is 0 Å². The third kappa shape index (κ3) is 3.47. The Morgan fingerprint density at radius 3 is 2.79 bits per heavy atom. The Bertz CT molecular complexity index is 290. The van der Waals surface area contributed by atoms with Crippen LogP contribution in [-0.2, 0) is 0 Å². The van der Waals surface area contributed by atoms with E-state index in [0.717, 1.165) is 0 Å². The molecule has 0 fully saturated rings. The predicted octanol–water partition coefficient (Wildman–Crippen LogP) is 1.53. The largest absolute Gasteiger partial charge is 0.367 e. The second kappa shape index (κ2) is 5.12. The first kappa shape index (κ1) is 11.2. The van der Waals surface area contributed by atoms with Gasteiger partial charge in [-0.05, 0) is 5.92 Å². The van der Waals surface area contributed by atoms with Crippen LogP contribution in [0.5, 0.6) is 0 Å². The molecule has 1 aromatic heterocycles. The van der Waals surface area contributed by atoms with Crippen LogP contribution in [0.15, 0.2) is 12.4 Å². The van der Waals surface area contributed by atoms with Crippen molar-refractivity contribution < 1.29 is 0 Å². The molecular weight excluding hydrogens is 200 g/mol. The third-order valence-corrected chi connectivity index (χ3v) is 2.16. The zero-order valence-corrected chi connectivity index (χ0v) is 9.12. The number of anilines is 1. The van der Waals surface area contributed by atoms with Crippen molar-refractivity contribution in [1.82, 2.24) is 9.97 Å². The monoisotopic (exact) mass is 214 g/mol. The van der Waals surface area contributed by atoms with E-state index >= 15 is 0 Å². The molecule has 5 heteroatoms. The SMILES string of the molecule is CC(C)C(N)CNc1cncc(Cl)n1. The van der Waals surface area contributed by atoms with E-state index in [0.29, 0.717) is 23.4 Å². The molecule has 3 N–H and O–H groups in total. The maximum atomic E-state index is 5.86. The van der Waals surface area contributed by atoms with Crippen LogP contribution in [0.1, 0.15) is 13.8 Å². The van der Waals surface area contributed by atoms with E-state index in [1.807, 2.05) is 0 Å². The molecule has 1 rings (SSSR count). The lowest BCUT2D eigenvalue weighted by atomic mass is 10.1. The van der Waals surface area contributed by atoms with Crippen molar-refractivity contribution in [3.05, 3.63) is 17.5 Å². The molecule has 0 aliphatic heterocycles. The summed E-state index contributed by atoms with van der Waals surface area (Å²) in [5, 5.41) is 3.47. The van der Waals surface area contributed by atoms with Crippen LogP contribution in [0.4, 0.5) is 5.82 Å². The maximum Gasteiger partial charge on any atom is 0.149 e. The number of aromatic nitrogens is 2. The minimum atomic E-state index is 0.107. The number of rotatable bonds is 4. The Labute approximate surface area is 88.9 Å². The quantitative estimate of drug-likeness (QED) is 0.798. The molecule has 0 amide bonds. The number of hydrogen-bond acceptors (Lipinski definition) is 4. The molecule has 1 unspecified atom stereocenters. The minimum absolute atomic E-state index is 0.107. The zero-order valence-electron chi connectivity index (χ0n) is 8.37. The van der Waals surface area contributed by atoms with Crippen molar-refractivity contribution in [2.75, 3.05) is 11.9 Å². The lowest BCUT2D eigenvalue weighted by Gasteiger charge is -2.16. The topological polar surface area (TPSA) is 63.8 Å². The molecule has 78 valence electrons. The standard InChI is InChI=1S/C9H15ClN4/c1-6(2)7(11)3-13-9-5-12-4-8(10)14-9/h4-7H,3,11H2,1-2H3,(H,13,14). The lowest BCUT2D eigenvalue weighted by molar-refractivity contribution is 0.511. The summed E-state index contributed by atoms with van der Waals surface area (Å²) in [6.07, 6.45) is 3.12. The van der Waals surface area contributed by atoms with Crippen LogP contribution in [0, 0.1) is 5.92 Å². The normalized spacial score (nSPS) is 12.9. The number of halogens is 1. The summed E-state index contributed by atoms with van der Waals surface area (Å²) in [6, 6.07) is 0.107. The van der Waals surface area contributed by atoms with Crippen LogP contribution < -0.4 is 11.1 Å². The molecule has 0 spiro atoms. The van der Waals surface area contributed by atoms with Crippen LogP contribution in [0.25, 0.3) is 0 Å². The van der Waals surface area contributed by atoms with E-state index < -0.39 is 0 Å². The van der Waals surface area contributed by atoms with Crippen molar-refractivity contribution in [2.24, 2.45) is 11.7 Å². The molecule has 14 heavy (non-hydrogen) atoms. The fraction of sp³-hybridized carbons (Fsp3) is 0.556. The van der Waals surface area contributed by atoms with Gasteiger partial charge >= 0.3 is 0 Å². The van der Waals surface area contributed by atoms with Crippen molar-refractivity contribution in [1.29, 1.82) is 0 Å². The van der Waals surface area contributed by atoms with Gasteiger partial charge in [-0.15, -0.1) is 0 Å². The highest BCUT2D eigenvalue weighted by Crippen LogP contribution is 2.07. The Kier molecular flexibility index (Phi) is 4.10. The predicted molar refractivity (Wildman–Crippen MR) is 58.3 cm³/mol. The summed E-state index contributed by atoms with van der Waals surface area (Å²) in [7, 11) is 0. The summed E-state index contributed by atoms with van der Waals surface area (Å²) >= 11 is 5.68. The summed E-state index contributed by atoms with van der Waals surface area (Å²) < 4.78 is 0. The van der Waals surface area contributed by atoms with E-state index in [4.69, 9.17) is 17.3 Å². The highest BCUT2D eigenvalue weighted by Gasteiger charge is 2.07. The van der Waals surface area contributed by atoms with Crippen molar-refractivity contribution in [3.8, 4) is 0 Å². The first-order valence-electron chi connectivity index (χ1n) is 4.56. The van der Waals surface area contributed by atoms with Gasteiger partial charge in [-0.3, -0.25) is 4.98 Å². The molecule has 1 aromatic rings. The first-order chi connectivity index (χ1) is 6.59. The fourth-order valence-electron chi connectivity index (χ4n) is 0.885. The van der Waals surface area contributed by atoms with Crippen molar-refractivity contribution in [3.63, 3.8) is 0 Å². The molecule has 0 saturated carbocycles. The number of hydrogen-bond donors (Lipinski definition) is 2. The average molecular weight is 215 g/mol. The van der Waals surface area contributed by atoms with Crippen LogP contribution in [-0.4, -0.2) is 22.6 Å². The molecule has 1 atom stereocenters. The molecule has 0 aliphatic carbocycles. The zero-order chi connectivity index (χ0) is 10.6. The van der Waals surface area contributed by atoms with Crippen molar-refractivity contribution >= 4 is 17.4 Å². The van der Waals surface area contributed by atoms with Crippen LogP contribution >= 0.6 is 11.6 Å². The fourth-order valence-corrected chi connectivity index (χ4v) is 1.03. The van der Waals surface area contributed by atoms with Gasteiger partial charge in [0.2, 0.25) is 0 Å². The summed E-state index contributed by atoms with van der Waals surface area (Å²) in [6.45, 7) is 4.83. The molecule has 0 aliphatic rings. The summed E-state index contributed by atoms with van der Waals surface area (Å²) in [4.78, 5) is 7.95. The van der Waals surface area contributed by atoms with Crippen molar-refractivity contribution in [2.45, 2.75) is 19.9 Å². The summed E-state index contributed by atoms with van der Waals surface area (Å²) in [5.74, 6) is 1.10. The van der Waals surface area contributed by atoms with Crippen LogP contribution in [0.2, 0.25) is 5.15 Å². The van der Waals surface area contributed by atoms with E-state index in [-0.39, 0.29) is 6.04 Å². The molecule has 1 heterocycles. The lowest BCUT2D eigenvalue weighted by Crippen LogP contribution is -2.34. The molecule has 0 saturated heterocycles. The average Bonchev–Trinajstić information content (AvgIpc) is 2.14. The Morgan fingerprint density at radius 2 is 2.21 bits per heavy atom. The number of nitrogens with one attached hydrogen (secondary N) is 1. The van der Waals surface area contributed by atoms with Gasteiger partial charge in [-0.1, -0.05) is 25.4 Å². The third-order valence-electron chi connectivity index (χ3n) is 1.98. The molecule has 4 nitrogen and oxygen atoms in total. The van der Waals surface area contributed by atoms with E-state index in [2.05, 4.69) is 29.1 Å². The highest BCUT2D eigenvalue weighted by molar-refractivity contribution is 6.29. The molecular formula is C9H15ClN4. The molecule has 0 aromatic carbocycles. The Morgan fingerprint density at radius 1 is 1.50 bits per heavy atom. The van der Waals surface area contributed by atoms with Gasteiger partial charge in [0.25, 0.3) is 0 Å². The number of nitrogens with two attached hydrogens (primary N) is 1. The highest BCUT2D eigenvalue weighted by atomic mass is 35.5. The van der Waals surface area contributed by atoms with Gasteiger partial charge in [-0.25, -0.2) is 4.98 Å². The first-order valence-corrected chi connectivity index (χ1v) is 4.94. The smallest absolute Gasteiger partial charge is 0.149 e. The van der Waals surface area contributed by atoms with E-state index in [1.54, 1.807) is 6.20 Å². The van der Waals surface area contributed by atoms with E-state index in [1.165, 1.54) is 6.20 Å². The van der Waals surface area contributed by atoms with Gasteiger partial charge in [0.1, 0.15) is 11.0 Å². The Balaban J connectivity index is 2.45. The van der Waals surface area contributed by atoms with Gasteiger partial charge < -0.3 is 11.1 Å². The van der Waals surface area contributed by atoms with E-state index in [9.17, 15) is 0 Å². The molecule has 0 radical (unpaired) electrons. The molecule has 0 bridgehead atoms.